The topological polar surface area (TPSA) is 75.7 Å². The average Bonchev–Trinajstić information content (AvgIpc) is 2.65. The van der Waals surface area contributed by atoms with Crippen LogP contribution in [0, 0.1) is 13.8 Å². The van der Waals surface area contributed by atoms with Gasteiger partial charge in [-0.15, -0.1) is 0 Å². The van der Waals surface area contributed by atoms with Crippen molar-refractivity contribution in [3.05, 3.63) is 59.2 Å². The summed E-state index contributed by atoms with van der Waals surface area (Å²) in [6, 6.07) is 13.1. The molecular weight excluding hydrogens is 388 g/mol. The number of carbonyl (C=O) groups excluding carboxylic acids is 1. The maximum atomic E-state index is 12.4. The molecule has 0 heterocycles. The van der Waals surface area contributed by atoms with Crippen molar-refractivity contribution in [2.75, 3.05) is 30.3 Å². The molecule has 0 fully saturated rings. The zero-order valence-electron chi connectivity index (χ0n) is 17.7. The number of para-hydroxylation sites is 1. The number of nitrogens with zero attached hydrogens (tertiary/aromatic N) is 1. The summed E-state index contributed by atoms with van der Waals surface area (Å²) in [5.41, 5.74) is 3.61. The fraction of sp³-hybridized carbons (Fsp3) is 0.409. The molecule has 0 saturated carbocycles. The molecule has 158 valence electrons. The number of ether oxygens (including phenoxy) is 1. The molecule has 0 aliphatic rings. The summed E-state index contributed by atoms with van der Waals surface area (Å²) in [4.78, 5) is 12.4. The smallest absolute Gasteiger partial charge is 0.240 e. The fourth-order valence-corrected chi connectivity index (χ4v) is 3.88. The molecule has 2 rings (SSSR count). The summed E-state index contributed by atoms with van der Waals surface area (Å²) >= 11 is 0. The first-order chi connectivity index (χ1) is 13.6. The van der Waals surface area contributed by atoms with Crippen LogP contribution in [0.25, 0.3) is 0 Å². The normalized spacial score (nSPS) is 11.4. The maximum absolute atomic E-state index is 12.4. The lowest BCUT2D eigenvalue weighted by molar-refractivity contribution is -0.119. The number of amides is 1. The van der Waals surface area contributed by atoms with Crippen molar-refractivity contribution in [2.45, 2.75) is 33.6 Å². The molecule has 29 heavy (non-hydrogen) atoms. The molecule has 0 bridgehead atoms. The zero-order chi connectivity index (χ0) is 21.6. The van der Waals surface area contributed by atoms with Gasteiger partial charge >= 0.3 is 0 Å². The molecule has 0 unspecified atom stereocenters. The molecule has 0 aromatic heterocycles. The first-order valence-electron chi connectivity index (χ1n) is 9.63. The first kappa shape index (κ1) is 22.7. The molecule has 7 heteroatoms. The highest BCUT2D eigenvalue weighted by molar-refractivity contribution is 7.92. The summed E-state index contributed by atoms with van der Waals surface area (Å²) in [6.45, 7) is 8.30. The van der Waals surface area contributed by atoms with E-state index in [-0.39, 0.29) is 24.9 Å². The minimum Gasteiger partial charge on any atom is -0.491 e. The lowest BCUT2D eigenvalue weighted by atomic mass is 10.0. The lowest BCUT2D eigenvalue weighted by Crippen LogP contribution is -2.41. The van der Waals surface area contributed by atoms with Gasteiger partial charge in [0.05, 0.1) is 18.5 Å². The van der Waals surface area contributed by atoms with Crippen LogP contribution in [0.4, 0.5) is 5.69 Å². The molecule has 6 nitrogen and oxygen atoms in total. The van der Waals surface area contributed by atoms with Gasteiger partial charge in [-0.2, -0.15) is 0 Å². The van der Waals surface area contributed by atoms with Gasteiger partial charge in [0.2, 0.25) is 15.9 Å². The number of sulfonamides is 1. The van der Waals surface area contributed by atoms with E-state index in [0.717, 1.165) is 33.0 Å². The van der Waals surface area contributed by atoms with E-state index in [2.05, 4.69) is 5.32 Å². The van der Waals surface area contributed by atoms with Crippen LogP contribution in [0.3, 0.4) is 0 Å². The molecule has 1 amide bonds. The molecular formula is C22H30N2O4S. The van der Waals surface area contributed by atoms with Crippen molar-refractivity contribution in [1.29, 1.82) is 0 Å². The van der Waals surface area contributed by atoms with Crippen molar-refractivity contribution in [2.24, 2.45) is 0 Å². The van der Waals surface area contributed by atoms with Crippen molar-refractivity contribution in [1.82, 2.24) is 5.32 Å². The molecule has 2 aromatic carbocycles. The number of carbonyl (C=O) groups is 1. The Morgan fingerprint density at radius 1 is 1.10 bits per heavy atom. The van der Waals surface area contributed by atoms with Gasteiger partial charge in [0.25, 0.3) is 0 Å². The highest BCUT2D eigenvalue weighted by Gasteiger charge is 2.23. The number of rotatable bonds is 9. The SMILES string of the molecule is Cc1cccc(OCCNC(=O)CN(c2ccccc2C(C)C)S(C)(=O)=O)c1C. The van der Waals surface area contributed by atoms with Crippen LogP contribution in [-0.4, -0.2) is 40.3 Å². The molecule has 0 aliphatic carbocycles. The molecule has 2 aromatic rings. The molecule has 0 spiro atoms. The second kappa shape index (κ2) is 9.78. The zero-order valence-corrected chi connectivity index (χ0v) is 18.5. The van der Waals surface area contributed by atoms with E-state index in [4.69, 9.17) is 4.74 Å². The Labute approximate surface area is 173 Å². The molecule has 0 saturated heterocycles. The largest absolute Gasteiger partial charge is 0.491 e. The maximum Gasteiger partial charge on any atom is 0.240 e. The Kier molecular flexibility index (Phi) is 7.67. The third kappa shape index (κ3) is 6.22. The third-order valence-electron chi connectivity index (χ3n) is 4.75. The first-order valence-corrected chi connectivity index (χ1v) is 11.5. The van der Waals surface area contributed by atoms with Crippen LogP contribution in [0.1, 0.15) is 36.5 Å². The number of hydrogen-bond donors (Lipinski definition) is 1. The van der Waals surface area contributed by atoms with Crippen LogP contribution in [-0.2, 0) is 14.8 Å². The van der Waals surface area contributed by atoms with Crippen LogP contribution >= 0.6 is 0 Å². The Morgan fingerprint density at radius 2 is 1.79 bits per heavy atom. The highest BCUT2D eigenvalue weighted by atomic mass is 32.2. The van der Waals surface area contributed by atoms with E-state index in [1.165, 1.54) is 0 Å². The van der Waals surface area contributed by atoms with Crippen molar-refractivity contribution in [3.63, 3.8) is 0 Å². The molecule has 0 radical (unpaired) electrons. The highest BCUT2D eigenvalue weighted by Crippen LogP contribution is 2.28. The van der Waals surface area contributed by atoms with Crippen LogP contribution in [0.5, 0.6) is 5.75 Å². The number of aryl methyl sites for hydroxylation is 1. The van der Waals surface area contributed by atoms with E-state index in [1.807, 2.05) is 58.0 Å². The lowest BCUT2D eigenvalue weighted by Gasteiger charge is -2.25. The van der Waals surface area contributed by atoms with Gasteiger partial charge in [-0.05, 0) is 48.6 Å². The monoisotopic (exact) mass is 418 g/mol. The summed E-state index contributed by atoms with van der Waals surface area (Å²) in [5.74, 6) is 0.533. The van der Waals surface area contributed by atoms with E-state index >= 15 is 0 Å². The second-order valence-electron chi connectivity index (χ2n) is 7.38. The van der Waals surface area contributed by atoms with Crippen molar-refractivity contribution in [3.8, 4) is 5.75 Å². The van der Waals surface area contributed by atoms with E-state index in [1.54, 1.807) is 12.1 Å². The Hall–Kier alpha value is -2.54. The standard InChI is InChI=1S/C22H30N2O4S/c1-16(2)19-10-6-7-11-20(19)24(29(5,26)27)15-22(25)23-13-14-28-21-12-8-9-17(3)18(21)4/h6-12,16H,13-15H2,1-5H3,(H,23,25). The fourth-order valence-electron chi connectivity index (χ4n) is 3.00. The summed E-state index contributed by atoms with van der Waals surface area (Å²) in [7, 11) is -3.61. The van der Waals surface area contributed by atoms with E-state index in [9.17, 15) is 13.2 Å². The third-order valence-corrected chi connectivity index (χ3v) is 5.88. The summed E-state index contributed by atoms with van der Waals surface area (Å²) in [5, 5.41) is 2.74. The van der Waals surface area contributed by atoms with Gasteiger partial charge in [-0.1, -0.05) is 44.2 Å². The number of nitrogens with one attached hydrogen (secondary N) is 1. The minimum absolute atomic E-state index is 0.129. The van der Waals surface area contributed by atoms with Crippen LogP contribution in [0.2, 0.25) is 0 Å². The average molecular weight is 419 g/mol. The Morgan fingerprint density at radius 3 is 2.45 bits per heavy atom. The number of benzene rings is 2. The van der Waals surface area contributed by atoms with E-state index in [0.29, 0.717) is 12.3 Å². The van der Waals surface area contributed by atoms with Crippen LogP contribution in [0.15, 0.2) is 42.5 Å². The quantitative estimate of drug-likeness (QED) is 0.634. The Balaban J connectivity index is 2.00. The van der Waals surface area contributed by atoms with Gasteiger partial charge in [0.1, 0.15) is 18.9 Å². The summed E-state index contributed by atoms with van der Waals surface area (Å²) < 4.78 is 31.6. The van der Waals surface area contributed by atoms with Gasteiger partial charge in [-0.25, -0.2) is 8.42 Å². The van der Waals surface area contributed by atoms with Gasteiger partial charge < -0.3 is 10.1 Å². The molecule has 0 atom stereocenters. The van der Waals surface area contributed by atoms with Crippen molar-refractivity contribution < 1.29 is 17.9 Å². The van der Waals surface area contributed by atoms with E-state index < -0.39 is 10.0 Å². The van der Waals surface area contributed by atoms with Crippen molar-refractivity contribution >= 4 is 21.6 Å². The van der Waals surface area contributed by atoms with Gasteiger partial charge in [-0.3, -0.25) is 9.10 Å². The summed E-state index contributed by atoms with van der Waals surface area (Å²) in [6.07, 6.45) is 1.11. The van der Waals surface area contributed by atoms with Gasteiger partial charge in [0.15, 0.2) is 0 Å². The second-order valence-corrected chi connectivity index (χ2v) is 9.29. The number of anilines is 1. The predicted molar refractivity (Wildman–Crippen MR) is 117 cm³/mol. The molecule has 0 aliphatic heterocycles. The number of hydrogen-bond acceptors (Lipinski definition) is 4. The minimum atomic E-state index is -3.61. The van der Waals surface area contributed by atoms with Crippen LogP contribution < -0.4 is 14.4 Å². The molecule has 1 N–H and O–H groups in total. The predicted octanol–water partition coefficient (Wildman–Crippen LogP) is 3.39. The van der Waals surface area contributed by atoms with Gasteiger partial charge in [0, 0.05) is 0 Å². The Bertz CT molecular complexity index is 955.